The molecule has 0 aromatic rings. The summed E-state index contributed by atoms with van der Waals surface area (Å²) in [5, 5.41) is 0.737. The van der Waals surface area contributed by atoms with Crippen molar-refractivity contribution in [2.45, 2.75) is 193 Å². The highest BCUT2D eigenvalue weighted by Gasteiger charge is 2.18. The summed E-state index contributed by atoms with van der Waals surface area (Å²) in [7, 11) is 0. The van der Waals surface area contributed by atoms with Gasteiger partial charge >= 0.3 is 11.9 Å². The van der Waals surface area contributed by atoms with E-state index in [4.69, 9.17) is 8.37 Å². The average Bonchev–Trinajstić information content (AvgIpc) is 3.00. The standard InChI is InChI=1S/C36H70O4S3/c1-7-9-11-13-15-17-19-21-27-33(5)42-39-35(37)31(3)25-23-29-41-30-24-26-32(4)36(38)40-43-34(6)28-22-20-18-16-14-12-10-8-2/h31-34H,7-30H2,1-6H3. The molecular weight excluding hydrogens is 593 g/mol. The van der Waals surface area contributed by atoms with Crippen molar-refractivity contribution in [3.05, 3.63) is 0 Å². The normalized spacial score (nSPS) is 14.3. The van der Waals surface area contributed by atoms with Gasteiger partial charge in [-0.15, -0.1) is 0 Å². The second-order valence-corrected chi connectivity index (χ2v) is 16.4. The first kappa shape index (κ1) is 43.0. The summed E-state index contributed by atoms with van der Waals surface area (Å²) >= 11 is 4.64. The van der Waals surface area contributed by atoms with Crippen molar-refractivity contribution < 1.29 is 18.0 Å². The van der Waals surface area contributed by atoms with Gasteiger partial charge in [0.1, 0.15) is 0 Å². The van der Waals surface area contributed by atoms with Crippen LogP contribution in [0.25, 0.3) is 0 Å². The molecule has 0 spiro atoms. The third kappa shape index (κ3) is 29.2. The van der Waals surface area contributed by atoms with Gasteiger partial charge in [0.05, 0.1) is 35.9 Å². The number of carbonyl (C=O) groups is 2. The van der Waals surface area contributed by atoms with Gasteiger partial charge in [0.15, 0.2) is 0 Å². The molecule has 0 amide bonds. The Morgan fingerprint density at radius 2 is 0.791 bits per heavy atom. The number of rotatable bonds is 32. The van der Waals surface area contributed by atoms with Gasteiger partial charge < -0.3 is 8.37 Å². The lowest BCUT2D eigenvalue weighted by Gasteiger charge is -2.14. The van der Waals surface area contributed by atoms with E-state index in [2.05, 4.69) is 27.7 Å². The molecular formula is C36H70O4S3. The van der Waals surface area contributed by atoms with Crippen LogP contribution in [-0.4, -0.2) is 33.9 Å². The van der Waals surface area contributed by atoms with Crippen LogP contribution in [-0.2, 0) is 18.0 Å². The zero-order chi connectivity index (χ0) is 32.0. The summed E-state index contributed by atoms with van der Waals surface area (Å²) in [5.74, 6) is 1.85. The van der Waals surface area contributed by atoms with Gasteiger partial charge in [0.2, 0.25) is 0 Å². The van der Waals surface area contributed by atoms with Crippen molar-refractivity contribution in [3.63, 3.8) is 0 Å². The highest BCUT2D eigenvalue weighted by molar-refractivity contribution is 7.99. The van der Waals surface area contributed by atoms with Crippen LogP contribution in [0.4, 0.5) is 0 Å². The molecule has 0 saturated carbocycles. The number of hydrogen-bond donors (Lipinski definition) is 0. The molecule has 0 aliphatic rings. The Bertz CT molecular complexity index is 582. The maximum atomic E-state index is 12.4. The molecule has 0 fully saturated rings. The fourth-order valence-corrected chi connectivity index (χ4v) is 7.29. The Kier molecular flexibility index (Phi) is 31.9. The van der Waals surface area contributed by atoms with Crippen LogP contribution in [0.3, 0.4) is 0 Å². The Morgan fingerprint density at radius 1 is 0.465 bits per heavy atom. The summed E-state index contributed by atoms with van der Waals surface area (Å²) in [6.45, 7) is 12.8. The zero-order valence-corrected chi connectivity index (χ0v) is 31.6. The second kappa shape index (κ2) is 32.0. The molecule has 256 valence electrons. The van der Waals surface area contributed by atoms with Gasteiger partial charge in [-0.1, -0.05) is 144 Å². The third-order valence-corrected chi connectivity index (χ3v) is 11.0. The molecule has 0 rings (SSSR count). The molecule has 4 atom stereocenters. The molecule has 0 radical (unpaired) electrons. The van der Waals surface area contributed by atoms with Crippen LogP contribution in [0.2, 0.25) is 0 Å². The van der Waals surface area contributed by atoms with Crippen LogP contribution in [0.1, 0.15) is 183 Å². The molecule has 43 heavy (non-hydrogen) atoms. The first-order valence-electron chi connectivity index (χ1n) is 18.1. The summed E-state index contributed by atoms with van der Waals surface area (Å²) in [5.41, 5.74) is 0. The number of carbonyl (C=O) groups excluding carboxylic acids is 2. The molecule has 0 aromatic heterocycles. The van der Waals surface area contributed by atoms with E-state index in [9.17, 15) is 9.59 Å². The molecule has 7 heteroatoms. The molecule has 0 saturated heterocycles. The average molecular weight is 663 g/mol. The fraction of sp³-hybridized carbons (Fsp3) is 0.944. The molecule has 4 unspecified atom stereocenters. The Morgan fingerprint density at radius 3 is 1.14 bits per heavy atom. The van der Waals surface area contributed by atoms with Crippen molar-refractivity contribution in [1.82, 2.24) is 0 Å². The maximum Gasteiger partial charge on any atom is 0.320 e. The summed E-state index contributed by atoms with van der Waals surface area (Å²) in [6.07, 6.45) is 27.3. The summed E-state index contributed by atoms with van der Waals surface area (Å²) in [6, 6.07) is 0. The first-order chi connectivity index (χ1) is 20.8. The van der Waals surface area contributed by atoms with E-state index in [1.807, 2.05) is 25.6 Å². The van der Waals surface area contributed by atoms with Gasteiger partial charge in [-0.05, 0) is 50.0 Å². The summed E-state index contributed by atoms with van der Waals surface area (Å²) < 4.78 is 11.1. The second-order valence-electron chi connectivity index (χ2n) is 12.8. The molecule has 0 heterocycles. The predicted molar refractivity (Wildman–Crippen MR) is 195 cm³/mol. The Hall–Kier alpha value is -0.0100. The van der Waals surface area contributed by atoms with Gasteiger partial charge in [0.25, 0.3) is 0 Å². The van der Waals surface area contributed by atoms with E-state index in [1.165, 1.54) is 127 Å². The van der Waals surface area contributed by atoms with E-state index in [0.29, 0.717) is 10.5 Å². The van der Waals surface area contributed by atoms with Crippen molar-refractivity contribution in [3.8, 4) is 0 Å². The van der Waals surface area contributed by atoms with Gasteiger partial charge in [-0.3, -0.25) is 9.59 Å². The minimum Gasteiger partial charge on any atom is -0.391 e. The molecule has 4 nitrogen and oxygen atoms in total. The van der Waals surface area contributed by atoms with Crippen LogP contribution in [0.15, 0.2) is 0 Å². The maximum absolute atomic E-state index is 12.4. The van der Waals surface area contributed by atoms with Gasteiger partial charge in [0, 0.05) is 10.5 Å². The van der Waals surface area contributed by atoms with Gasteiger partial charge in [-0.2, -0.15) is 11.8 Å². The van der Waals surface area contributed by atoms with Crippen LogP contribution in [0.5, 0.6) is 0 Å². The minimum absolute atomic E-state index is 0.0475. The third-order valence-electron chi connectivity index (χ3n) is 8.17. The zero-order valence-electron chi connectivity index (χ0n) is 29.1. The molecule has 0 N–H and O–H groups in total. The first-order valence-corrected chi connectivity index (χ1v) is 20.9. The van der Waals surface area contributed by atoms with Crippen molar-refractivity contribution >= 4 is 47.8 Å². The lowest BCUT2D eigenvalue weighted by atomic mass is 10.1. The lowest BCUT2D eigenvalue weighted by Crippen LogP contribution is -2.14. The van der Waals surface area contributed by atoms with Gasteiger partial charge in [-0.25, -0.2) is 0 Å². The summed E-state index contributed by atoms with van der Waals surface area (Å²) in [4.78, 5) is 24.7. The highest BCUT2D eigenvalue weighted by Crippen LogP contribution is 2.24. The molecule has 0 aliphatic carbocycles. The van der Waals surface area contributed by atoms with E-state index in [0.717, 1.165) is 50.0 Å². The number of unbranched alkanes of at least 4 members (excludes halogenated alkanes) is 14. The van der Waals surface area contributed by atoms with E-state index in [1.54, 1.807) is 0 Å². The van der Waals surface area contributed by atoms with E-state index < -0.39 is 0 Å². The SMILES string of the molecule is CCCCCCCCCCC(C)SOC(=O)C(C)CCCSCCCC(C)C(=O)OSC(C)CCCCCCCCCC. The topological polar surface area (TPSA) is 52.6 Å². The van der Waals surface area contributed by atoms with Crippen molar-refractivity contribution in [2.75, 3.05) is 11.5 Å². The monoisotopic (exact) mass is 662 g/mol. The van der Waals surface area contributed by atoms with Crippen LogP contribution < -0.4 is 0 Å². The largest absolute Gasteiger partial charge is 0.391 e. The van der Waals surface area contributed by atoms with Crippen LogP contribution in [0, 0.1) is 11.8 Å². The molecule has 0 bridgehead atoms. The molecule has 0 aliphatic heterocycles. The highest BCUT2D eigenvalue weighted by atomic mass is 32.2. The smallest absolute Gasteiger partial charge is 0.320 e. The predicted octanol–water partition coefficient (Wildman–Crippen LogP) is 12.8. The quantitative estimate of drug-likeness (QED) is 0.0525. The minimum atomic E-state index is -0.0740. The van der Waals surface area contributed by atoms with E-state index in [-0.39, 0.29) is 23.8 Å². The van der Waals surface area contributed by atoms with Crippen molar-refractivity contribution in [2.24, 2.45) is 11.8 Å². The lowest BCUT2D eigenvalue weighted by molar-refractivity contribution is -0.138. The Labute approximate surface area is 281 Å². The number of hydrogen-bond acceptors (Lipinski definition) is 7. The van der Waals surface area contributed by atoms with Crippen LogP contribution >= 0.6 is 35.8 Å². The van der Waals surface area contributed by atoms with Crippen molar-refractivity contribution in [1.29, 1.82) is 0 Å². The number of thioether (sulfide) groups is 1. The van der Waals surface area contributed by atoms with E-state index >= 15 is 0 Å². The Balaban J connectivity index is 3.67. The molecule has 0 aromatic carbocycles. The fourth-order valence-electron chi connectivity index (χ4n) is 4.97.